The second-order valence-corrected chi connectivity index (χ2v) is 6.50. The highest BCUT2D eigenvalue weighted by Crippen LogP contribution is 2.45. The number of ketones is 1. The molecule has 0 aliphatic carbocycles. The molecule has 1 aliphatic rings. The van der Waals surface area contributed by atoms with Gasteiger partial charge in [0, 0.05) is 10.0 Å². The lowest BCUT2D eigenvalue weighted by Crippen LogP contribution is -2.10. The van der Waals surface area contributed by atoms with Crippen LogP contribution in [0.25, 0.3) is 0 Å². The molecule has 0 aromatic heterocycles. The Balaban J connectivity index is 1.83. The fourth-order valence-electron chi connectivity index (χ4n) is 2.79. The van der Waals surface area contributed by atoms with Crippen molar-refractivity contribution in [3.63, 3.8) is 0 Å². The Morgan fingerprint density at radius 1 is 0.885 bits per heavy atom. The fraction of sp³-hybridized carbons (Fsp3) is 0.316. The minimum absolute atomic E-state index is 0.127. The van der Waals surface area contributed by atoms with Gasteiger partial charge in [-0.2, -0.15) is 0 Å². The van der Waals surface area contributed by atoms with Crippen LogP contribution in [0.4, 0.5) is 0 Å². The topological polar surface area (TPSA) is 66.5 Å². The fourth-order valence-corrected chi connectivity index (χ4v) is 3.31. The average Bonchev–Trinajstić information content (AvgIpc) is 3.47. The van der Waals surface area contributed by atoms with Gasteiger partial charge in [-0.3, -0.25) is 4.79 Å². The van der Waals surface area contributed by atoms with Gasteiger partial charge in [0.2, 0.25) is 0 Å². The zero-order valence-corrected chi connectivity index (χ0v) is 16.5. The maximum absolute atomic E-state index is 12.8. The van der Waals surface area contributed by atoms with Gasteiger partial charge >= 0.3 is 0 Å². The van der Waals surface area contributed by atoms with Gasteiger partial charge < -0.3 is 23.7 Å². The van der Waals surface area contributed by atoms with E-state index >= 15 is 0 Å². The first-order chi connectivity index (χ1) is 12.5. The molecule has 6 nitrogen and oxygen atoms in total. The maximum Gasteiger partial charge on any atom is 0.195 e. The summed E-state index contributed by atoms with van der Waals surface area (Å²) < 4.78 is 27.3. The molecule has 1 fully saturated rings. The van der Waals surface area contributed by atoms with Gasteiger partial charge in [0.05, 0.1) is 28.4 Å². The van der Waals surface area contributed by atoms with E-state index in [4.69, 9.17) is 23.7 Å². The maximum atomic E-state index is 12.8. The van der Waals surface area contributed by atoms with E-state index in [1.54, 1.807) is 39.5 Å². The number of Topliss-reactive ketones (excluding diaryl/α,β-unsaturated/α-hetero) is 1. The van der Waals surface area contributed by atoms with Crippen LogP contribution in [-0.2, 0) is 4.74 Å². The second-order valence-electron chi connectivity index (χ2n) is 5.64. The van der Waals surface area contributed by atoms with Gasteiger partial charge in [0.25, 0.3) is 0 Å². The monoisotopic (exact) mass is 422 g/mol. The molecule has 2 aromatic carbocycles. The molecule has 0 bridgehead atoms. The van der Waals surface area contributed by atoms with Crippen LogP contribution < -0.4 is 18.9 Å². The van der Waals surface area contributed by atoms with Crippen LogP contribution in [0.1, 0.15) is 22.0 Å². The third-order valence-electron chi connectivity index (χ3n) is 4.22. The molecule has 26 heavy (non-hydrogen) atoms. The second kappa shape index (κ2) is 7.55. The summed E-state index contributed by atoms with van der Waals surface area (Å²) in [7, 11) is 6.22. The van der Waals surface area contributed by atoms with Crippen LogP contribution >= 0.6 is 15.9 Å². The highest BCUT2D eigenvalue weighted by Gasteiger charge is 2.47. The van der Waals surface area contributed by atoms with E-state index in [1.807, 2.05) is 12.1 Å². The van der Waals surface area contributed by atoms with Crippen LogP contribution in [-0.4, -0.2) is 40.3 Å². The van der Waals surface area contributed by atoms with E-state index < -0.39 is 6.10 Å². The summed E-state index contributed by atoms with van der Waals surface area (Å²) in [4.78, 5) is 12.8. The molecule has 0 amide bonds. The number of rotatable bonds is 7. The quantitative estimate of drug-likeness (QED) is 0.499. The predicted molar refractivity (Wildman–Crippen MR) is 98.7 cm³/mol. The van der Waals surface area contributed by atoms with Crippen LogP contribution in [0.2, 0.25) is 0 Å². The van der Waals surface area contributed by atoms with E-state index in [0.717, 1.165) is 5.56 Å². The van der Waals surface area contributed by atoms with Gasteiger partial charge in [-0.25, -0.2) is 0 Å². The first-order valence-electron chi connectivity index (χ1n) is 7.87. The first-order valence-corrected chi connectivity index (χ1v) is 8.66. The predicted octanol–water partition coefficient (Wildman–Crippen LogP) is 3.81. The molecule has 2 atom stereocenters. The lowest BCUT2D eigenvalue weighted by molar-refractivity contribution is 0.0952. The van der Waals surface area contributed by atoms with Crippen molar-refractivity contribution in [3.8, 4) is 23.0 Å². The third-order valence-corrected chi connectivity index (χ3v) is 4.88. The number of epoxide rings is 1. The van der Waals surface area contributed by atoms with Crippen LogP contribution in [0.3, 0.4) is 0 Å². The Bertz CT molecular complexity index is 835. The van der Waals surface area contributed by atoms with Crippen molar-refractivity contribution >= 4 is 21.7 Å². The molecule has 138 valence electrons. The lowest BCUT2D eigenvalue weighted by atomic mass is 10.0. The summed E-state index contributed by atoms with van der Waals surface area (Å²) in [5, 5.41) is 0. The SMILES string of the molecule is COc1ccc(C2OC2C(=O)c2cc(OC)c(OC)cc2Br)cc1OC. The molecule has 1 saturated heterocycles. The molecule has 2 aromatic rings. The molecule has 0 spiro atoms. The largest absolute Gasteiger partial charge is 0.493 e. The minimum atomic E-state index is -0.553. The molecule has 1 aliphatic heterocycles. The van der Waals surface area contributed by atoms with Crippen molar-refractivity contribution in [2.75, 3.05) is 28.4 Å². The summed E-state index contributed by atoms with van der Waals surface area (Å²) in [6.45, 7) is 0. The summed E-state index contributed by atoms with van der Waals surface area (Å²) in [5.74, 6) is 2.13. The molecule has 0 radical (unpaired) electrons. The molecular weight excluding hydrogens is 404 g/mol. The average molecular weight is 423 g/mol. The zero-order valence-electron chi connectivity index (χ0n) is 14.9. The van der Waals surface area contributed by atoms with Crippen LogP contribution in [0.15, 0.2) is 34.8 Å². The third kappa shape index (κ3) is 3.37. The van der Waals surface area contributed by atoms with Crippen molar-refractivity contribution in [1.29, 1.82) is 0 Å². The van der Waals surface area contributed by atoms with Crippen molar-refractivity contribution in [1.82, 2.24) is 0 Å². The van der Waals surface area contributed by atoms with Gasteiger partial charge in [-0.05, 0) is 45.8 Å². The molecular formula is C19H19BrO6. The number of carbonyl (C=O) groups is 1. The summed E-state index contributed by atoms with van der Waals surface area (Å²) >= 11 is 3.42. The summed E-state index contributed by atoms with van der Waals surface area (Å²) in [5.41, 5.74) is 1.34. The molecule has 7 heteroatoms. The molecule has 0 N–H and O–H groups in total. The number of benzene rings is 2. The van der Waals surface area contributed by atoms with E-state index in [9.17, 15) is 4.79 Å². The summed E-state index contributed by atoms with van der Waals surface area (Å²) in [6, 6.07) is 8.84. The highest BCUT2D eigenvalue weighted by atomic mass is 79.9. The van der Waals surface area contributed by atoms with Gasteiger partial charge in [-0.15, -0.1) is 0 Å². The standard InChI is InChI=1S/C19H19BrO6/c1-22-13-6-5-10(7-14(13)23-2)18-19(26-18)17(21)11-8-15(24-3)16(25-4)9-12(11)20/h5-9,18-19H,1-4H3. The molecule has 2 unspecified atom stereocenters. The number of halogens is 1. The van der Waals surface area contributed by atoms with Crippen molar-refractivity contribution in [2.45, 2.75) is 12.2 Å². The normalized spacial score (nSPS) is 18.2. The van der Waals surface area contributed by atoms with Gasteiger partial charge in [0.1, 0.15) is 6.10 Å². The van der Waals surface area contributed by atoms with Crippen molar-refractivity contribution in [2.24, 2.45) is 0 Å². The Hall–Kier alpha value is -2.25. The Labute approximate surface area is 160 Å². The number of hydrogen-bond acceptors (Lipinski definition) is 6. The van der Waals surface area contributed by atoms with E-state index in [1.165, 1.54) is 7.11 Å². The molecule has 0 saturated carbocycles. The Kier molecular flexibility index (Phi) is 5.38. The van der Waals surface area contributed by atoms with Crippen LogP contribution in [0.5, 0.6) is 23.0 Å². The first kappa shape index (κ1) is 18.5. The Morgan fingerprint density at radius 3 is 2.08 bits per heavy atom. The van der Waals surface area contributed by atoms with Gasteiger partial charge in [-0.1, -0.05) is 6.07 Å². The summed E-state index contributed by atoms with van der Waals surface area (Å²) in [6.07, 6.45) is -0.871. The van der Waals surface area contributed by atoms with E-state index in [0.29, 0.717) is 33.0 Å². The smallest absolute Gasteiger partial charge is 0.195 e. The van der Waals surface area contributed by atoms with Crippen molar-refractivity contribution < 1.29 is 28.5 Å². The molecule has 1 heterocycles. The highest BCUT2D eigenvalue weighted by molar-refractivity contribution is 9.10. The number of methoxy groups -OCH3 is 4. The lowest BCUT2D eigenvalue weighted by Gasteiger charge is -2.11. The van der Waals surface area contributed by atoms with Crippen LogP contribution in [0, 0.1) is 0 Å². The zero-order chi connectivity index (χ0) is 18.8. The number of hydrogen-bond donors (Lipinski definition) is 0. The Morgan fingerprint density at radius 2 is 1.46 bits per heavy atom. The minimum Gasteiger partial charge on any atom is -0.493 e. The van der Waals surface area contributed by atoms with Gasteiger partial charge in [0.15, 0.2) is 34.9 Å². The van der Waals surface area contributed by atoms with Crippen molar-refractivity contribution in [3.05, 3.63) is 45.9 Å². The van der Waals surface area contributed by atoms with E-state index in [-0.39, 0.29) is 11.9 Å². The molecule has 3 rings (SSSR count). The number of ether oxygens (including phenoxy) is 5. The van der Waals surface area contributed by atoms with E-state index in [2.05, 4.69) is 15.9 Å². The number of carbonyl (C=O) groups excluding carboxylic acids is 1.